The molecule has 5 nitrogen and oxygen atoms in total. The standard InChI is InChI=1S/C13H23N3O2/c1-4-6-11(3)12(17)15-7-9-16(10-8-15)13(18)14-5-2/h6H,4-5,7-10H2,1-3H3,(H,14,18). The number of nitrogens with zero attached hydrogens (tertiary/aromatic N) is 2. The first kappa shape index (κ1) is 14.5. The molecule has 1 rings (SSSR count). The number of amides is 3. The number of carbonyl (C=O) groups is 2. The van der Waals surface area contributed by atoms with E-state index in [1.54, 1.807) is 4.90 Å². The fourth-order valence-corrected chi connectivity index (χ4v) is 2.02. The molecular weight excluding hydrogens is 230 g/mol. The molecule has 1 aliphatic heterocycles. The third-order valence-corrected chi connectivity index (χ3v) is 3.03. The van der Waals surface area contributed by atoms with Crippen molar-refractivity contribution in [3.8, 4) is 0 Å². The second-order valence-corrected chi connectivity index (χ2v) is 4.41. The lowest BCUT2D eigenvalue weighted by Crippen LogP contribution is -2.53. The van der Waals surface area contributed by atoms with Crippen molar-refractivity contribution >= 4 is 11.9 Å². The SMILES string of the molecule is CCC=C(C)C(=O)N1CCN(C(=O)NCC)CC1. The van der Waals surface area contributed by atoms with Crippen LogP contribution in [0, 0.1) is 0 Å². The normalized spacial score (nSPS) is 16.7. The molecule has 1 heterocycles. The molecule has 3 amide bonds. The van der Waals surface area contributed by atoms with Gasteiger partial charge in [0.25, 0.3) is 0 Å². The number of rotatable bonds is 3. The Hall–Kier alpha value is -1.52. The highest BCUT2D eigenvalue weighted by atomic mass is 16.2. The molecule has 1 aliphatic rings. The van der Waals surface area contributed by atoms with Gasteiger partial charge >= 0.3 is 6.03 Å². The Morgan fingerprint density at radius 2 is 1.67 bits per heavy atom. The number of urea groups is 1. The molecule has 0 atom stereocenters. The maximum Gasteiger partial charge on any atom is 0.317 e. The number of hydrogen-bond donors (Lipinski definition) is 1. The van der Waals surface area contributed by atoms with Gasteiger partial charge in [-0.2, -0.15) is 0 Å². The van der Waals surface area contributed by atoms with E-state index in [0.29, 0.717) is 32.7 Å². The van der Waals surface area contributed by atoms with Crippen molar-refractivity contribution < 1.29 is 9.59 Å². The van der Waals surface area contributed by atoms with Crippen LogP contribution in [0.25, 0.3) is 0 Å². The van der Waals surface area contributed by atoms with Crippen LogP contribution in [0.3, 0.4) is 0 Å². The predicted octanol–water partition coefficient (Wildman–Crippen LogP) is 1.22. The number of nitrogens with one attached hydrogen (secondary N) is 1. The van der Waals surface area contributed by atoms with Gasteiger partial charge in [0, 0.05) is 38.3 Å². The number of carbonyl (C=O) groups excluding carboxylic acids is 2. The number of hydrogen-bond acceptors (Lipinski definition) is 2. The molecule has 0 saturated carbocycles. The molecule has 0 aromatic rings. The summed E-state index contributed by atoms with van der Waals surface area (Å²) in [6.45, 7) is 8.85. The Bertz CT molecular complexity index is 331. The van der Waals surface area contributed by atoms with Gasteiger partial charge in [-0.05, 0) is 20.3 Å². The van der Waals surface area contributed by atoms with E-state index < -0.39 is 0 Å². The Kier molecular flexibility index (Phi) is 5.68. The Labute approximate surface area is 109 Å². The maximum atomic E-state index is 12.0. The van der Waals surface area contributed by atoms with E-state index in [1.807, 2.05) is 31.7 Å². The highest BCUT2D eigenvalue weighted by Gasteiger charge is 2.24. The minimum absolute atomic E-state index is 0.0366. The first-order chi connectivity index (χ1) is 8.60. The summed E-state index contributed by atoms with van der Waals surface area (Å²) in [5.41, 5.74) is 0.795. The Balaban J connectivity index is 2.46. The van der Waals surface area contributed by atoms with Crippen molar-refractivity contribution in [2.24, 2.45) is 0 Å². The second kappa shape index (κ2) is 7.03. The molecule has 0 aromatic heterocycles. The van der Waals surface area contributed by atoms with Crippen LogP contribution >= 0.6 is 0 Å². The molecule has 0 unspecified atom stereocenters. The molecule has 1 fully saturated rings. The van der Waals surface area contributed by atoms with Gasteiger partial charge in [0.05, 0.1) is 0 Å². The van der Waals surface area contributed by atoms with Crippen molar-refractivity contribution in [2.45, 2.75) is 27.2 Å². The lowest BCUT2D eigenvalue weighted by Gasteiger charge is -2.34. The van der Waals surface area contributed by atoms with E-state index in [-0.39, 0.29) is 11.9 Å². The largest absolute Gasteiger partial charge is 0.338 e. The van der Waals surface area contributed by atoms with Crippen LogP contribution in [0.2, 0.25) is 0 Å². The summed E-state index contributed by atoms with van der Waals surface area (Å²) in [6, 6.07) is -0.0366. The van der Waals surface area contributed by atoms with Crippen LogP contribution in [-0.2, 0) is 4.79 Å². The highest BCUT2D eigenvalue weighted by molar-refractivity contribution is 5.93. The second-order valence-electron chi connectivity index (χ2n) is 4.41. The van der Waals surface area contributed by atoms with Gasteiger partial charge in [-0.25, -0.2) is 4.79 Å². The minimum Gasteiger partial charge on any atom is -0.338 e. The minimum atomic E-state index is -0.0366. The number of piperazine rings is 1. The first-order valence-electron chi connectivity index (χ1n) is 6.59. The lowest BCUT2D eigenvalue weighted by molar-refractivity contribution is -0.128. The topological polar surface area (TPSA) is 52.7 Å². The van der Waals surface area contributed by atoms with Gasteiger partial charge in [0.1, 0.15) is 0 Å². The summed E-state index contributed by atoms with van der Waals surface area (Å²) in [5, 5.41) is 2.77. The van der Waals surface area contributed by atoms with E-state index in [4.69, 9.17) is 0 Å². The van der Waals surface area contributed by atoms with Crippen LogP contribution in [0.15, 0.2) is 11.6 Å². The van der Waals surface area contributed by atoms with Crippen molar-refractivity contribution in [2.75, 3.05) is 32.7 Å². The van der Waals surface area contributed by atoms with Gasteiger partial charge in [0.15, 0.2) is 0 Å². The number of allylic oxidation sites excluding steroid dienone is 1. The molecule has 0 radical (unpaired) electrons. The first-order valence-corrected chi connectivity index (χ1v) is 6.59. The molecular formula is C13H23N3O2. The zero-order valence-electron chi connectivity index (χ0n) is 11.5. The van der Waals surface area contributed by atoms with Gasteiger partial charge in [-0.1, -0.05) is 13.0 Å². The van der Waals surface area contributed by atoms with Crippen LogP contribution in [0.4, 0.5) is 4.79 Å². The summed E-state index contributed by atoms with van der Waals surface area (Å²) >= 11 is 0. The molecule has 102 valence electrons. The van der Waals surface area contributed by atoms with Crippen molar-refractivity contribution in [1.29, 1.82) is 0 Å². The summed E-state index contributed by atoms with van der Waals surface area (Å²) in [5.74, 6) is 0.0902. The third-order valence-electron chi connectivity index (χ3n) is 3.03. The summed E-state index contributed by atoms with van der Waals surface area (Å²) < 4.78 is 0. The summed E-state index contributed by atoms with van der Waals surface area (Å²) in [4.78, 5) is 27.2. The van der Waals surface area contributed by atoms with Crippen molar-refractivity contribution in [3.63, 3.8) is 0 Å². The quantitative estimate of drug-likeness (QED) is 0.769. The lowest BCUT2D eigenvalue weighted by atomic mass is 10.2. The average molecular weight is 253 g/mol. The predicted molar refractivity (Wildman–Crippen MR) is 71.3 cm³/mol. The van der Waals surface area contributed by atoms with Gasteiger partial charge in [0.2, 0.25) is 5.91 Å². The van der Waals surface area contributed by atoms with Crippen LogP contribution < -0.4 is 5.32 Å². The van der Waals surface area contributed by atoms with Gasteiger partial charge in [-0.3, -0.25) is 4.79 Å². The molecule has 1 saturated heterocycles. The van der Waals surface area contributed by atoms with Crippen LogP contribution in [0.1, 0.15) is 27.2 Å². The Morgan fingerprint density at radius 3 is 2.17 bits per heavy atom. The zero-order chi connectivity index (χ0) is 13.5. The summed E-state index contributed by atoms with van der Waals surface area (Å²) in [7, 11) is 0. The highest BCUT2D eigenvalue weighted by Crippen LogP contribution is 2.07. The third kappa shape index (κ3) is 3.75. The van der Waals surface area contributed by atoms with Crippen LogP contribution in [0.5, 0.6) is 0 Å². The molecule has 0 spiro atoms. The average Bonchev–Trinajstić information content (AvgIpc) is 2.38. The van der Waals surface area contributed by atoms with E-state index >= 15 is 0 Å². The van der Waals surface area contributed by atoms with E-state index in [1.165, 1.54) is 0 Å². The molecule has 18 heavy (non-hydrogen) atoms. The molecule has 1 N–H and O–H groups in total. The molecule has 0 aromatic carbocycles. The summed E-state index contributed by atoms with van der Waals surface area (Å²) in [6.07, 6.45) is 2.81. The molecule has 5 heteroatoms. The smallest absolute Gasteiger partial charge is 0.317 e. The monoisotopic (exact) mass is 253 g/mol. The van der Waals surface area contributed by atoms with Crippen molar-refractivity contribution in [1.82, 2.24) is 15.1 Å². The zero-order valence-corrected chi connectivity index (χ0v) is 11.5. The van der Waals surface area contributed by atoms with Crippen LogP contribution in [-0.4, -0.2) is 54.5 Å². The van der Waals surface area contributed by atoms with E-state index in [2.05, 4.69) is 5.32 Å². The van der Waals surface area contributed by atoms with Crippen molar-refractivity contribution in [3.05, 3.63) is 11.6 Å². The fraction of sp³-hybridized carbons (Fsp3) is 0.692. The maximum absolute atomic E-state index is 12.0. The van der Waals surface area contributed by atoms with Gasteiger partial charge in [-0.15, -0.1) is 0 Å². The fourth-order valence-electron chi connectivity index (χ4n) is 2.02. The van der Waals surface area contributed by atoms with Gasteiger partial charge < -0.3 is 15.1 Å². The molecule has 0 bridgehead atoms. The van der Waals surface area contributed by atoms with E-state index in [0.717, 1.165) is 12.0 Å². The van der Waals surface area contributed by atoms with E-state index in [9.17, 15) is 9.59 Å². The molecule has 0 aliphatic carbocycles. The Morgan fingerprint density at radius 1 is 1.11 bits per heavy atom.